The minimum absolute atomic E-state index is 0.371. The molecule has 1 aliphatic rings. The van der Waals surface area contributed by atoms with Crippen LogP contribution in [0.15, 0.2) is 0 Å². The van der Waals surface area contributed by atoms with E-state index in [-0.39, 0.29) is 6.54 Å². The molecule has 116 valence electrons. The Morgan fingerprint density at radius 2 is 1.95 bits per heavy atom. The number of ether oxygens (including phenoxy) is 1. The molecule has 20 heavy (non-hydrogen) atoms. The monoisotopic (exact) mass is 306 g/mol. The molecule has 1 saturated carbocycles. The zero-order valence-corrected chi connectivity index (χ0v) is 12.9. The predicted octanol–water partition coefficient (Wildman–Crippen LogP) is -0.146. The topological polar surface area (TPSA) is 107 Å². The summed E-state index contributed by atoms with van der Waals surface area (Å²) in [6.45, 7) is 2.97. The number of carbonyl (C=O) groups excluding carboxylic acids is 2. The van der Waals surface area contributed by atoms with Gasteiger partial charge in [0.2, 0.25) is 15.9 Å². The molecule has 1 fully saturated rings. The van der Waals surface area contributed by atoms with Crippen LogP contribution in [-0.4, -0.2) is 49.5 Å². The number of esters is 1. The first kappa shape index (κ1) is 16.9. The van der Waals surface area contributed by atoms with Crippen molar-refractivity contribution >= 4 is 21.9 Å². The van der Waals surface area contributed by atoms with E-state index in [1.54, 1.807) is 13.8 Å². The summed E-state index contributed by atoms with van der Waals surface area (Å²) in [5.41, 5.74) is 5.11. The number of hydrogen-bond acceptors (Lipinski definition) is 5. The third-order valence-electron chi connectivity index (χ3n) is 3.55. The molecule has 0 radical (unpaired) electrons. The summed E-state index contributed by atoms with van der Waals surface area (Å²) >= 11 is 0. The fourth-order valence-electron chi connectivity index (χ4n) is 2.60. The summed E-state index contributed by atoms with van der Waals surface area (Å²) < 4.78 is 31.0. The zero-order chi connectivity index (χ0) is 15.5. The summed E-state index contributed by atoms with van der Waals surface area (Å²) in [6, 6.07) is -0.397. The predicted molar refractivity (Wildman–Crippen MR) is 73.1 cm³/mol. The molecule has 0 aromatic heterocycles. The number of amides is 1. The maximum atomic E-state index is 12.7. The molecule has 0 aliphatic heterocycles. The zero-order valence-electron chi connectivity index (χ0n) is 12.0. The third-order valence-corrected chi connectivity index (χ3v) is 6.09. The quantitative estimate of drug-likeness (QED) is 0.687. The summed E-state index contributed by atoms with van der Waals surface area (Å²) in [5.74, 6) is -1.90. The van der Waals surface area contributed by atoms with Gasteiger partial charge in [0.25, 0.3) is 0 Å². The fourth-order valence-corrected chi connectivity index (χ4v) is 4.97. The standard InChI is InChI=1S/C12H22N2O5S/c1-8(2)14(7-11(13)15)20(17,18)10-6-4-5-9(10)12(16)19-3/h8-10H,4-7H2,1-3H3,(H2,13,15). The Bertz CT molecular complexity index is 474. The highest BCUT2D eigenvalue weighted by Crippen LogP contribution is 2.34. The Hall–Kier alpha value is -1.15. The molecule has 0 spiro atoms. The van der Waals surface area contributed by atoms with E-state index in [0.29, 0.717) is 19.3 Å². The summed E-state index contributed by atoms with van der Waals surface area (Å²) in [4.78, 5) is 22.8. The second kappa shape index (κ2) is 6.53. The summed E-state index contributed by atoms with van der Waals surface area (Å²) in [6.07, 6.45) is 1.52. The largest absolute Gasteiger partial charge is 0.469 e. The van der Waals surface area contributed by atoms with Gasteiger partial charge < -0.3 is 10.5 Å². The van der Waals surface area contributed by atoms with Gasteiger partial charge in [0.1, 0.15) is 0 Å². The number of methoxy groups -OCH3 is 1. The van der Waals surface area contributed by atoms with E-state index in [0.717, 1.165) is 4.31 Å². The summed E-state index contributed by atoms with van der Waals surface area (Å²) in [7, 11) is -2.52. The fraction of sp³-hybridized carbons (Fsp3) is 0.833. The smallest absolute Gasteiger partial charge is 0.310 e. The van der Waals surface area contributed by atoms with E-state index in [9.17, 15) is 18.0 Å². The number of rotatable bonds is 6. The number of nitrogens with zero attached hydrogens (tertiary/aromatic N) is 1. The van der Waals surface area contributed by atoms with Gasteiger partial charge in [-0.1, -0.05) is 6.42 Å². The molecule has 2 atom stereocenters. The van der Waals surface area contributed by atoms with Crippen molar-refractivity contribution in [2.24, 2.45) is 11.7 Å². The molecule has 0 bridgehead atoms. The van der Waals surface area contributed by atoms with Gasteiger partial charge in [0, 0.05) is 6.04 Å². The lowest BCUT2D eigenvalue weighted by Crippen LogP contribution is -2.48. The molecular formula is C12H22N2O5S. The molecule has 2 unspecified atom stereocenters. The van der Waals surface area contributed by atoms with E-state index in [2.05, 4.69) is 4.74 Å². The van der Waals surface area contributed by atoms with Crippen molar-refractivity contribution in [2.75, 3.05) is 13.7 Å². The number of carbonyl (C=O) groups is 2. The van der Waals surface area contributed by atoms with Crippen molar-refractivity contribution in [2.45, 2.75) is 44.4 Å². The first-order valence-corrected chi connectivity index (χ1v) is 8.09. The molecule has 8 heteroatoms. The van der Waals surface area contributed by atoms with Crippen LogP contribution in [0.25, 0.3) is 0 Å². The Morgan fingerprint density at radius 3 is 2.40 bits per heavy atom. The Kier molecular flexibility index (Phi) is 5.52. The van der Waals surface area contributed by atoms with Gasteiger partial charge in [-0.25, -0.2) is 8.42 Å². The van der Waals surface area contributed by atoms with Crippen molar-refractivity contribution in [3.05, 3.63) is 0 Å². The van der Waals surface area contributed by atoms with Crippen molar-refractivity contribution in [3.63, 3.8) is 0 Å². The van der Waals surface area contributed by atoms with Gasteiger partial charge in [-0.05, 0) is 26.7 Å². The number of hydrogen-bond donors (Lipinski definition) is 1. The van der Waals surface area contributed by atoms with Crippen LogP contribution < -0.4 is 5.73 Å². The molecule has 1 amide bonds. The van der Waals surface area contributed by atoms with Crippen LogP contribution in [0.4, 0.5) is 0 Å². The van der Waals surface area contributed by atoms with Gasteiger partial charge in [0.15, 0.2) is 0 Å². The van der Waals surface area contributed by atoms with Crippen molar-refractivity contribution in [1.29, 1.82) is 0 Å². The first-order chi connectivity index (χ1) is 9.21. The van der Waals surface area contributed by atoms with E-state index in [1.807, 2.05) is 0 Å². The molecular weight excluding hydrogens is 284 g/mol. The van der Waals surface area contributed by atoms with Crippen LogP contribution in [0, 0.1) is 5.92 Å². The van der Waals surface area contributed by atoms with Gasteiger partial charge in [-0.15, -0.1) is 0 Å². The van der Waals surface area contributed by atoms with Gasteiger partial charge >= 0.3 is 5.97 Å². The molecule has 0 saturated heterocycles. The Labute approximate surface area is 119 Å². The average molecular weight is 306 g/mol. The average Bonchev–Trinajstić information content (AvgIpc) is 2.84. The molecule has 0 aromatic carbocycles. The minimum atomic E-state index is -3.77. The molecule has 0 heterocycles. The second-order valence-electron chi connectivity index (χ2n) is 5.25. The van der Waals surface area contributed by atoms with E-state index in [4.69, 9.17) is 5.73 Å². The minimum Gasteiger partial charge on any atom is -0.469 e. The Balaban J connectivity index is 3.06. The molecule has 0 aromatic rings. The highest BCUT2D eigenvalue weighted by atomic mass is 32.2. The molecule has 1 rings (SSSR count). The lowest BCUT2D eigenvalue weighted by molar-refractivity contribution is -0.145. The normalized spacial score (nSPS) is 23.2. The van der Waals surface area contributed by atoms with Crippen LogP contribution in [0.1, 0.15) is 33.1 Å². The maximum absolute atomic E-state index is 12.7. The van der Waals surface area contributed by atoms with Crippen LogP contribution in [0.3, 0.4) is 0 Å². The van der Waals surface area contributed by atoms with Crippen LogP contribution in [0.5, 0.6) is 0 Å². The van der Waals surface area contributed by atoms with Crippen molar-refractivity contribution in [1.82, 2.24) is 4.31 Å². The molecule has 7 nitrogen and oxygen atoms in total. The lowest BCUT2D eigenvalue weighted by atomic mass is 10.1. The third kappa shape index (κ3) is 3.49. The van der Waals surface area contributed by atoms with Crippen molar-refractivity contribution < 1.29 is 22.7 Å². The van der Waals surface area contributed by atoms with Crippen molar-refractivity contribution in [3.8, 4) is 0 Å². The van der Waals surface area contributed by atoms with Gasteiger partial charge in [-0.3, -0.25) is 9.59 Å². The first-order valence-electron chi connectivity index (χ1n) is 6.58. The SMILES string of the molecule is COC(=O)C1CCCC1S(=O)(=O)N(CC(N)=O)C(C)C. The van der Waals surface area contributed by atoms with Gasteiger partial charge in [-0.2, -0.15) is 4.31 Å². The maximum Gasteiger partial charge on any atom is 0.310 e. The summed E-state index contributed by atoms with van der Waals surface area (Å²) in [5, 5.41) is -0.836. The van der Waals surface area contributed by atoms with Crippen LogP contribution in [-0.2, 0) is 24.3 Å². The number of sulfonamides is 1. The highest BCUT2D eigenvalue weighted by Gasteiger charge is 2.45. The van der Waals surface area contributed by atoms with Crippen LogP contribution in [0.2, 0.25) is 0 Å². The second-order valence-corrected chi connectivity index (χ2v) is 7.35. The van der Waals surface area contributed by atoms with Crippen LogP contribution >= 0.6 is 0 Å². The van der Waals surface area contributed by atoms with E-state index in [1.165, 1.54) is 7.11 Å². The highest BCUT2D eigenvalue weighted by molar-refractivity contribution is 7.89. The number of nitrogens with two attached hydrogens (primary N) is 1. The lowest BCUT2D eigenvalue weighted by Gasteiger charge is -2.29. The van der Waals surface area contributed by atoms with E-state index < -0.39 is 39.1 Å². The van der Waals surface area contributed by atoms with E-state index >= 15 is 0 Å². The molecule has 1 aliphatic carbocycles. The molecule has 2 N–H and O–H groups in total. The Morgan fingerprint density at radius 1 is 1.35 bits per heavy atom. The number of primary amides is 1. The van der Waals surface area contributed by atoms with Gasteiger partial charge in [0.05, 0.1) is 24.8 Å².